The number of amides is 4. The van der Waals surface area contributed by atoms with E-state index in [4.69, 9.17) is 5.73 Å². The molecule has 0 fully saturated rings. The van der Waals surface area contributed by atoms with Gasteiger partial charge in [-0.1, -0.05) is 68.5 Å². The summed E-state index contributed by atoms with van der Waals surface area (Å²) in [6.07, 6.45) is 8.37. The summed E-state index contributed by atoms with van der Waals surface area (Å²) in [5, 5.41) is 11.6. The van der Waals surface area contributed by atoms with E-state index in [0.29, 0.717) is 19.4 Å². The van der Waals surface area contributed by atoms with Crippen LogP contribution in [-0.4, -0.2) is 54.3 Å². The molecule has 1 aliphatic rings. The second-order valence-corrected chi connectivity index (χ2v) is 9.40. The standard InChI is InChI=1S/C27H39N5O4/c1-4-9-20(13-14-24(28)33)30-26(35)23(17-19-10-6-5-7-11-19)32-27(36)22(16-18(2)3)31-25(34)21-12-8-15-29-21/h4-12,18,20-23,29H,13-17H2,1-3H3,(H2,28,33)(H,30,35)(H,31,34)(H,32,36)/b9-4+/t20-,21+,22+,23+/m1/s1. The van der Waals surface area contributed by atoms with Gasteiger partial charge in [0.2, 0.25) is 23.6 Å². The third kappa shape index (κ3) is 10.0. The fraction of sp³-hybridized carbons (Fsp3) is 0.481. The van der Waals surface area contributed by atoms with Crippen LogP contribution < -0.4 is 27.0 Å². The summed E-state index contributed by atoms with van der Waals surface area (Å²) in [6, 6.07) is 6.82. The lowest BCUT2D eigenvalue weighted by Gasteiger charge is -2.26. The second-order valence-electron chi connectivity index (χ2n) is 9.40. The molecule has 196 valence electrons. The number of carbonyl (C=O) groups excluding carboxylic acids is 4. The number of rotatable bonds is 14. The van der Waals surface area contributed by atoms with E-state index in [1.165, 1.54) is 0 Å². The molecule has 0 aromatic heterocycles. The van der Waals surface area contributed by atoms with E-state index in [9.17, 15) is 19.2 Å². The minimum absolute atomic E-state index is 0.122. The van der Waals surface area contributed by atoms with E-state index in [1.807, 2.05) is 57.2 Å². The molecule has 4 atom stereocenters. The van der Waals surface area contributed by atoms with Crippen molar-refractivity contribution in [2.45, 2.75) is 70.6 Å². The molecule has 0 radical (unpaired) electrons. The van der Waals surface area contributed by atoms with Crippen molar-refractivity contribution in [2.24, 2.45) is 11.7 Å². The minimum Gasteiger partial charge on any atom is -0.370 e. The number of hydrogen-bond donors (Lipinski definition) is 5. The predicted molar refractivity (Wildman–Crippen MR) is 140 cm³/mol. The summed E-state index contributed by atoms with van der Waals surface area (Å²) in [7, 11) is 0. The van der Waals surface area contributed by atoms with Crippen LogP contribution in [-0.2, 0) is 25.6 Å². The first-order chi connectivity index (χ1) is 17.2. The Hall–Kier alpha value is -3.46. The van der Waals surface area contributed by atoms with Crippen molar-refractivity contribution in [3.63, 3.8) is 0 Å². The van der Waals surface area contributed by atoms with Gasteiger partial charge in [0.25, 0.3) is 0 Å². The summed E-state index contributed by atoms with van der Waals surface area (Å²) in [5.41, 5.74) is 6.15. The highest BCUT2D eigenvalue weighted by Gasteiger charge is 2.30. The van der Waals surface area contributed by atoms with Crippen LogP contribution in [0.2, 0.25) is 0 Å². The van der Waals surface area contributed by atoms with Gasteiger partial charge < -0.3 is 21.7 Å². The lowest BCUT2D eigenvalue weighted by Crippen LogP contribution is -2.57. The van der Waals surface area contributed by atoms with Crippen LogP contribution in [0.5, 0.6) is 0 Å². The molecule has 9 nitrogen and oxygen atoms in total. The minimum atomic E-state index is -0.878. The number of carbonyl (C=O) groups is 4. The Labute approximate surface area is 213 Å². The van der Waals surface area contributed by atoms with E-state index < -0.39 is 36.0 Å². The summed E-state index contributed by atoms with van der Waals surface area (Å²) in [5.74, 6) is -1.40. The molecule has 0 saturated heterocycles. The van der Waals surface area contributed by atoms with Crippen LogP contribution in [0.25, 0.3) is 0 Å². The van der Waals surface area contributed by atoms with Crippen molar-refractivity contribution in [3.8, 4) is 0 Å². The lowest BCUT2D eigenvalue weighted by atomic mass is 10.0. The number of allylic oxidation sites excluding steroid dienone is 1. The van der Waals surface area contributed by atoms with Gasteiger partial charge in [-0.2, -0.15) is 0 Å². The van der Waals surface area contributed by atoms with Gasteiger partial charge >= 0.3 is 0 Å². The average Bonchev–Trinajstić information content (AvgIpc) is 3.37. The number of hydrogen-bond acceptors (Lipinski definition) is 5. The molecule has 0 spiro atoms. The monoisotopic (exact) mass is 497 g/mol. The molecule has 1 aliphatic heterocycles. The maximum absolute atomic E-state index is 13.3. The van der Waals surface area contributed by atoms with Crippen LogP contribution in [0.15, 0.2) is 54.6 Å². The van der Waals surface area contributed by atoms with E-state index in [-0.39, 0.29) is 30.6 Å². The number of primary amides is 1. The molecule has 9 heteroatoms. The Bertz CT molecular complexity index is 945. The Balaban J connectivity index is 2.18. The fourth-order valence-corrected chi connectivity index (χ4v) is 3.97. The first-order valence-corrected chi connectivity index (χ1v) is 12.5. The first-order valence-electron chi connectivity index (χ1n) is 12.5. The van der Waals surface area contributed by atoms with Gasteiger partial charge in [-0.25, -0.2) is 0 Å². The van der Waals surface area contributed by atoms with Crippen molar-refractivity contribution in [1.82, 2.24) is 21.3 Å². The normalized spacial score (nSPS) is 17.5. The van der Waals surface area contributed by atoms with E-state index in [0.717, 1.165) is 5.56 Å². The van der Waals surface area contributed by atoms with Crippen LogP contribution in [0.3, 0.4) is 0 Å². The second kappa shape index (κ2) is 14.8. The molecule has 1 aromatic rings. The molecule has 2 rings (SSSR count). The molecule has 0 aliphatic carbocycles. The SMILES string of the molecule is C/C=C/[C@H](CCC(N)=O)NC(=O)[C@H](Cc1ccccc1)NC(=O)[C@H](CC(C)C)NC(=O)[C@@H]1C=CCN1. The molecule has 0 unspecified atom stereocenters. The molecule has 1 aromatic carbocycles. The quantitative estimate of drug-likeness (QED) is 0.245. The number of nitrogens with two attached hydrogens (primary N) is 1. The molecule has 1 heterocycles. The van der Waals surface area contributed by atoms with Gasteiger partial charge in [-0.3, -0.25) is 24.5 Å². The molecule has 36 heavy (non-hydrogen) atoms. The summed E-state index contributed by atoms with van der Waals surface area (Å²) < 4.78 is 0. The van der Waals surface area contributed by atoms with Crippen molar-refractivity contribution in [1.29, 1.82) is 0 Å². The van der Waals surface area contributed by atoms with Gasteiger partial charge in [0, 0.05) is 25.4 Å². The van der Waals surface area contributed by atoms with Crippen molar-refractivity contribution in [2.75, 3.05) is 6.54 Å². The van der Waals surface area contributed by atoms with Crippen molar-refractivity contribution >= 4 is 23.6 Å². The summed E-state index contributed by atoms with van der Waals surface area (Å²) in [6.45, 7) is 6.35. The zero-order valence-electron chi connectivity index (χ0n) is 21.3. The molecule has 0 bridgehead atoms. The maximum Gasteiger partial charge on any atom is 0.243 e. The Kier molecular flexibility index (Phi) is 11.9. The van der Waals surface area contributed by atoms with Crippen LogP contribution in [0.1, 0.15) is 45.6 Å². The van der Waals surface area contributed by atoms with Gasteiger partial charge in [-0.05, 0) is 31.2 Å². The van der Waals surface area contributed by atoms with Crippen LogP contribution in [0, 0.1) is 5.92 Å². The fourth-order valence-electron chi connectivity index (χ4n) is 3.97. The van der Waals surface area contributed by atoms with Gasteiger partial charge in [-0.15, -0.1) is 0 Å². The molecule has 0 saturated carbocycles. The maximum atomic E-state index is 13.3. The zero-order valence-corrected chi connectivity index (χ0v) is 21.3. The van der Waals surface area contributed by atoms with Crippen molar-refractivity contribution in [3.05, 3.63) is 60.2 Å². The molecule has 6 N–H and O–H groups in total. The van der Waals surface area contributed by atoms with Crippen LogP contribution >= 0.6 is 0 Å². The zero-order chi connectivity index (χ0) is 26.5. The van der Waals surface area contributed by atoms with E-state index in [2.05, 4.69) is 21.3 Å². The lowest BCUT2D eigenvalue weighted by molar-refractivity contribution is -0.132. The third-order valence-electron chi connectivity index (χ3n) is 5.78. The Morgan fingerprint density at radius 1 is 1.06 bits per heavy atom. The van der Waals surface area contributed by atoms with E-state index >= 15 is 0 Å². The molecular weight excluding hydrogens is 458 g/mol. The Morgan fingerprint density at radius 2 is 1.75 bits per heavy atom. The first kappa shape index (κ1) is 28.8. The summed E-state index contributed by atoms with van der Waals surface area (Å²) in [4.78, 5) is 50.6. The smallest absolute Gasteiger partial charge is 0.243 e. The highest BCUT2D eigenvalue weighted by Crippen LogP contribution is 2.10. The highest BCUT2D eigenvalue weighted by atomic mass is 16.2. The van der Waals surface area contributed by atoms with Gasteiger partial charge in [0.1, 0.15) is 18.1 Å². The average molecular weight is 498 g/mol. The third-order valence-corrected chi connectivity index (χ3v) is 5.78. The van der Waals surface area contributed by atoms with Crippen LogP contribution in [0.4, 0.5) is 0 Å². The van der Waals surface area contributed by atoms with Gasteiger partial charge in [0.15, 0.2) is 0 Å². The topological polar surface area (TPSA) is 142 Å². The summed E-state index contributed by atoms with van der Waals surface area (Å²) >= 11 is 0. The predicted octanol–water partition coefficient (Wildman–Crippen LogP) is 1.10. The molecular formula is C27H39N5O4. The van der Waals surface area contributed by atoms with Crippen molar-refractivity contribution < 1.29 is 19.2 Å². The largest absolute Gasteiger partial charge is 0.370 e. The molecule has 4 amide bonds. The highest BCUT2D eigenvalue weighted by molar-refractivity contribution is 5.94. The Morgan fingerprint density at radius 3 is 2.33 bits per heavy atom. The number of nitrogens with one attached hydrogen (secondary N) is 4. The van der Waals surface area contributed by atoms with Gasteiger partial charge in [0.05, 0.1) is 0 Å². The van der Waals surface area contributed by atoms with E-state index in [1.54, 1.807) is 18.2 Å². The number of benzene rings is 1.